The summed E-state index contributed by atoms with van der Waals surface area (Å²) >= 11 is 0. The largest absolute Gasteiger partial charge is 0.353 e. The molecule has 1 aliphatic rings. The predicted molar refractivity (Wildman–Crippen MR) is 80.8 cm³/mol. The summed E-state index contributed by atoms with van der Waals surface area (Å²) in [6.45, 7) is 0. The molecule has 0 fully saturated rings. The summed E-state index contributed by atoms with van der Waals surface area (Å²) in [5, 5.41) is 3.14. The van der Waals surface area contributed by atoms with Crippen LogP contribution in [0.25, 0.3) is 0 Å². The van der Waals surface area contributed by atoms with Crippen molar-refractivity contribution >= 4 is 5.91 Å². The molecule has 0 saturated carbocycles. The maximum absolute atomic E-state index is 12.0. The summed E-state index contributed by atoms with van der Waals surface area (Å²) in [6.07, 6.45) is 9.13. The number of aryl methyl sites for hydroxylation is 2. The van der Waals surface area contributed by atoms with Gasteiger partial charge in [-0.25, -0.2) is 0 Å². The first-order valence-corrected chi connectivity index (χ1v) is 7.42. The van der Waals surface area contributed by atoms with Crippen LogP contribution in [-0.2, 0) is 24.1 Å². The van der Waals surface area contributed by atoms with Crippen LogP contribution in [0.3, 0.4) is 0 Å². The van der Waals surface area contributed by atoms with E-state index in [1.807, 2.05) is 0 Å². The van der Waals surface area contributed by atoms with Gasteiger partial charge in [0.25, 0.3) is 0 Å². The van der Waals surface area contributed by atoms with Crippen LogP contribution in [-0.4, -0.2) is 21.9 Å². The van der Waals surface area contributed by atoms with Gasteiger partial charge >= 0.3 is 0 Å². The second kappa shape index (κ2) is 6.48. The third kappa shape index (κ3) is 3.66. The second-order valence-corrected chi connectivity index (χ2v) is 5.47. The van der Waals surface area contributed by atoms with Gasteiger partial charge in [0.1, 0.15) is 0 Å². The van der Waals surface area contributed by atoms with Crippen molar-refractivity contribution in [3.05, 3.63) is 59.7 Å². The minimum absolute atomic E-state index is 0.102. The van der Waals surface area contributed by atoms with Gasteiger partial charge in [-0.3, -0.25) is 14.8 Å². The second-order valence-electron chi connectivity index (χ2n) is 5.47. The number of carbonyl (C=O) groups excluding carboxylic acids is 1. The lowest BCUT2D eigenvalue weighted by Crippen LogP contribution is -2.38. The van der Waals surface area contributed by atoms with E-state index in [2.05, 4.69) is 39.6 Å². The molecule has 1 N–H and O–H groups in total. The van der Waals surface area contributed by atoms with Crippen molar-refractivity contribution in [3.63, 3.8) is 0 Å². The number of carbonyl (C=O) groups is 1. The number of amides is 1. The molecule has 0 spiro atoms. The van der Waals surface area contributed by atoms with Gasteiger partial charge in [-0.2, -0.15) is 0 Å². The van der Waals surface area contributed by atoms with Crippen molar-refractivity contribution < 1.29 is 4.79 Å². The van der Waals surface area contributed by atoms with Gasteiger partial charge in [0.2, 0.25) is 5.91 Å². The van der Waals surface area contributed by atoms with Crippen molar-refractivity contribution in [2.24, 2.45) is 0 Å². The Hall–Kier alpha value is -2.23. The Morgan fingerprint density at radius 2 is 2.10 bits per heavy atom. The molecule has 1 aromatic heterocycles. The lowest BCUT2D eigenvalue weighted by atomic mass is 9.88. The summed E-state index contributed by atoms with van der Waals surface area (Å²) in [5.74, 6) is 0.102. The van der Waals surface area contributed by atoms with E-state index in [1.165, 1.54) is 11.1 Å². The van der Waals surface area contributed by atoms with Crippen molar-refractivity contribution in [2.45, 2.75) is 38.1 Å². The Labute approximate surface area is 124 Å². The van der Waals surface area contributed by atoms with E-state index < -0.39 is 0 Å². The van der Waals surface area contributed by atoms with Crippen LogP contribution >= 0.6 is 0 Å². The minimum Gasteiger partial charge on any atom is -0.353 e. The number of aromatic nitrogens is 2. The highest BCUT2D eigenvalue weighted by atomic mass is 16.1. The van der Waals surface area contributed by atoms with E-state index in [4.69, 9.17) is 0 Å². The van der Waals surface area contributed by atoms with Crippen molar-refractivity contribution in [1.29, 1.82) is 0 Å². The average molecular weight is 281 g/mol. The van der Waals surface area contributed by atoms with Crippen LogP contribution in [0.15, 0.2) is 42.9 Å². The minimum atomic E-state index is 0.102. The third-order valence-corrected chi connectivity index (χ3v) is 3.94. The van der Waals surface area contributed by atoms with Gasteiger partial charge in [0.15, 0.2) is 0 Å². The van der Waals surface area contributed by atoms with Gasteiger partial charge in [-0.05, 0) is 36.8 Å². The van der Waals surface area contributed by atoms with E-state index in [0.717, 1.165) is 25.0 Å². The highest BCUT2D eigenvalue weighted by Gasteiger charge is 2.19. The Kier molecular flexibility index (Phi) is 4.24. The molecule has 1 amide bonds. The first-order chi connectivity index (χ1) is 10.3. The topological polar surface area (TPSA) is 54.9 Å². The molecule has 4 nitrogen and oxygen atoms in total. The number of hydrogen-bond acceptors (Lipinski definition) is 3. The fourth-order valence-electron chi connectivity index (χ4n) is 2.82. The summed E-state index contributed by atoms with van der Waals surface area (Å²) < 4.78 is 0. The average Bonchev–Trinajstić information content (AvgIpc) is 2.54. The zero-order valence-electron chi connectivity index (χ0n) is 12.0. The van der Waals surface area contributed by atoms with Crippen molar-refractivity contribution in [2.75, 3.05) is 0 Å². The third-order valence-electron chi connectivity index (χ3n) is 3.94. The maximum atomic E-state index is 12.0. The molecule has 2 aromatic rings. The van der Waals surface area contributed by atoms with E-state index in [9.17, 15) is 4.79 Å². The van der Waals surface area contributed by atoms with E-state index in [0.29, 0.717) is 12.8 Å². The van der Waals surface area contributed by atoms with Gasteiger partial charge in [0.05, 0.1) is 5.69 Å². The summed E-state index contributed by atoms with van der Waals surface area (Å²) in [7, 11) is 0. The molecule has 1 atom stereocenters. The predicted octanol–water partition coefficient (Wildman–Crippen LogP) is 2.08. The molecule has 0 unspecified atom stereocenters. The smallest absolute Gasteiger partial charge is 0.220 e. The number of nitrogens with zero attached hydrogens (tertiary/aromatic N) is 2. The lowest BCUT2D eigenvalue weighted by molar-refractivity contribution is -0.121. The van der Waals surface area contributed by atoms with E-state index in [-0.39, 0.29) is 11.9 Å². The van der Waals surface area contributed by atoms with Crippen LogP contribution < -0.4 is 5.32 Å². The monoisotopic (exact) mass is 281 g/mol. The lowest BCUT2D eigenvalue weighted by Gasteiger charge is -2.25. The van der Waals surface area contributed by atoms with Crippen LogP contribution in [0.2, 0.25) is 0 Å². The molecule has 1 aliphatic carbocycles. The fraction of sp³-hybridized carbons (Fsp3) is 0.353. The first-order valence-electron chi connectivity index (χ1n) is 7.42. The van der Waals surface area contributed by atoms with E-state index in [1.54, 1.807) is 18.6 Å². The Bertz CT molecular complexity index is 612. The summed E-state index contributed by atoms with van der Waals surface area (Å²) in [4.78, 5) is 20.2. The zero-order chi connectivity index (χ0) is 14.5. The molecule has 0 radical (unpaired) electrons. The van der Waals surface area contributed by atoms with Crippen LogP contribution in [0.5, 0.6) is 0 Å². The Morgan fingerprint density at radius 1 is 1.24 bits per heavy atom. The van der Waals surface area contributed by atoms with Gasteiger partial charge < -0.3 is 5.32 Å². The molecular weight excluding hydrogens is 262 g/mol. The quantitative estimate of drug-likeness (QED) is 0.933. The van der Waals surface area contributed by atoms with Crippen LogP contribution in [0.4, 0.5) is 0 Å². The van der Waals surface area contributed by atoms with Crippen LogP contribution in [0.1, 0.15) is 29.7 Å². The molecule has 0 saturated heterocycles. The Morgan fingerprint density at radius 3 is 2.90 bits per heavy atom. The maximum Gasteiger partial charge on any atom is 0.220 e. The normalized spacial score (nSPS) is 17.0. The van der Waals surface area contributed by atoms with Gasteiger partial charge in [-0.15, -0.1) is 0 Å². The molecule has 21 heavy (non-hydrogen) atoms. The van der Waals surface area contributed by atoms with E-state index >= 15 is 0 Å². The number of hydrogen-bond donors (Lipinski definition) is 1. The number of fused-ring (bicyclic) bond motifs is 1. The number of rotatable bonds is 4. The molecule has 1 aromatic carbocycles. The molecular formula is C17H19N3O. The molecule has 108 valence electrons. The molecule has 3 rings (SSSR count). The van der Waals surface area contributed by atoms with Crippen LogP contribution in [0, 0.1) is 0 Å². The highest BCUT2D eigenvalue weighted by molar-refractivity contribution is 5.76. The highest BCUT2D eigenvalue weighted by Crippen LogP contribution is 2.21. The molecule has 0 aliphatic heterocycles. The summed E-state index contributed by atoms with van der Waals surface area (Å²) in [5.41, 5.74) is 3.65. The van der Waals surface area contributed by atoms with Gasteiger partial charge in [-0.1, -0.05) is 24.3 Å². The first kappa shape index (κ1) is 13.7. The molecule has 4 heteroatoms. The number of benzene rings is 1. The molecule has 0 bridgehead atoms. The van der Waals surface area contributed by atoms with Crippen molar-refractivity contribution in [1.82, 2.24) is 15.3 Å². The molecule has 1 heterocycles. The van der Waals surface area contributed by atoms with Gasteiger partial charge in [0, 0.05) is 31.1 Å². The Balaban J connectivity index is 1.50. The summed E-state index contributed by atoms with van der Waals surface area (Å²) in [6, 6.07) is 8.75. The van der Waals surface area contributed by atoms with Crippen molar-refractivity contribution in [3.8, 4) is 0 Å². The fourth-order valence-corrected chi connectivity index (χ4v) is 2.82. The zero-order valence-corrected chi connectivity index (χ0v) is 12.0. The number of nitrogens with one attached hydrogen (secondary N) is 1. The standard InChI is InChI=1S/C17H19N3O/c21-17(8-7-16-12-18-9-10-19-16)20-15-6-5-13-3-1-2-4-14(13)11-15/h1-4,9-10,12,15H,5-8,11H2,(H,20,21)/t15-/m1/s1. The SMILES string of the molecule is O=C(CCc1cnccn1)N[C@@H]1CCc2ccccc2C1.